The van der Waals surface area contributed by atoms with Crippen molar-refractivity contribution in [3.8, 4) is 11.1 Å². The Balaban J connectivity index is 1.64. The molecule has 0 aliphatic heterocycles. The van der Waals surface area contributed by atoms with Gasteiger partial charge in [0.2, 0.25) is 0 Å². The number of hydrogen-bond acceptors (Lipinski definition) is 5. The van der Waals surface area contributed by atoms with Gasteiger partial charge in [-0.05, 0) is 30.5 Å². The number of amides is 1. The Morgan fingerprint density at radius 2 is 1.93 bits per heavy atom. The van der Waals surface area contributed by atoms with E-state index < -0.39 is 5.91 Å². The van der Waals surface area contributed by atoms with Gasteiger partial charge in [0, 0.05) is 16.9 Å². The Kier molecular flexibility index (Phi) is 3.75. The van der Waals surface area contributed by atoms with Crippen LogP contribution in [0.3, 0.4) is 0 Å². The molecule has 0 bridgehead atoms. The van der Waals surface area contributed by atoms with Crippen LogP contribution in [0.15, 0.2) is 36.4 Å². The van der Waals surface area contributed by atoms with Crippen LogP contribution >= 0.6 is 0 Å². The van der Waals surface area contributed by atoms with Gasteiger partial charge in [0.15, 0.2) is 5.69 Å². The molecule has 5 N–H and O–H groups in total. The largest absolute Gasteiger partial charge is 0.396 e. The third-order valence-electron chi connectivity index (χ3n) is 5.62. The van der Waals surface area contributed by atoms with Crippen molar-refractivity contribution in [2.75, 3.05) is 5.73 Å². The van der Waals surface area contributed by atoms with Crippen molar-refractivity contribution in [1.82, 2.24) is 20.2 Å². The van der Waals surface area contributed by atoms with Crippen molar-refractivity contribution >= 4 is 33.5 Å². The Bertz CT molecular complexity index is 1220. The number of aromatic amines is 1. The van der Waals surface area contributed by atoms with Gasteiger partial charge in [-0.1, -0.05) is 37.1 Å². The standard InChI is InChI=1S/C21H20N6O/c22-17-14-7-3-6-13(18(14)26-27-19(17)20(23)28)12-8-9-15-16(10-12)25-21(24-15)11-4-1-2-5-11/h3,6-11H,1-2,4-5H2,(H2,22,26)(H2,23,28)(H,24,25). The molecule has 28 heavy (non-hydrogen) atoms. The molecule has 2 aromatic carbocycles. The number of rotatable bonds is 3. The van der Waals surface area contributed by atoms with Gasteiger partial charge in [0.1, 0.15) is 11.3 Å². The summed E-state index contributed by atoms with van der Waals surface area (Å²) in [4.78, 5) is 19.8. The molecular formula is C21H20N6O. The van der Waals surface area contributed by atoms with Gasteiger partial charge in [-0.2, -0.15) is 0 Å². The molecular weight excluding hydrogens is 352 g/mol. The lowest BCUT2D eigenvalue weighted by Gasteiger charge is -2.09. The van der Waals surface area contributed by atoms with Crippen molar-refractivity contribution in [2.45, 2.75) is 31.6 Å². The number of carbonyl (C=O) groups excluding carboxylic acids is 1. The lowest BCUT2D eigenvalue weighted by atomic mass is 10.0. The van der Waals surface area contributed by atoms with E-state index in [1.807, 2.05) is 30.3 Å². The summed E-state index contributed by atoms with van der Waals surface area (Å²) < 4.78 is 0. The van der Waals surface area contributed by atoms with Crippen molar-refractivity contribution in [2.24, 2.45) is 5.73 Å². The predicted octanol–water partition coefficient (Wildman–Crippen LogP) is 3.51. The highest BCUT2D eigenvalue weighted by molar-refractivity contribution is 6.07. The zero-order valence-corrected chi connectivity index (χ0v) is 15.3. The second kappa shape index (κ2) is 6.30. The molecule has 0 atom stereocenters. The number of H-pyrrole nitrogens is 1. The maximum Gasteiger partial charge on any atom is 0.271 e. The summed E-state index contributed by atoms with van der Waals surface area (Å²) in [5.41, 5.74) is 16.2. The minimum atomic E-state index is -0.685. The SMILES string of the molecule is NC(=O)c1nnc2c(-c3ccc4nc(C5CCCC5)[nH]c4c3)cccc2c1N. The number of imidazole rings is 1. The fourth-order valence-electron chi connectivity index (χ4n) is 4.15. The van der Waals surface area contributed by atoms with Gasteiger partial charge in [-0.25, -0.2) is 4.98 Å². The monoisotopic (exact) mass is 372 g/mol. The van der Waals surface area contributed by atoms with Gasteiger partial charge in [0.25, 0.3) is 5.91 Å². The molecule has 4 aromatic rings. The molecule has 5 rings (SSSR count). The Labute approximate surface area is 161 Å². The number of nitrogens with zero attached hydrogens (tertiary/aromatic N) is 3. The molecule has 1 aliphatic rings. The average Bonchev–Trinajstić information content (AvgIpc) is 3.36. The summed E-state index contributed by atoms with van der Waals surface area (Å²) in [6.07, 6.45) is 4.95. The van der Waals surface area contributed by atoms with Crippen molar-refractivity contribution < 1.29 is 4.79 Å². The topological polar surface area (TPSA) is 124 Å². The number of carbonyl (C=O) groups is 1. The van der Waals surface area contributed by atoms with E-state index in [0.717, 1.165) is 28.0 Å². The highest BCUT2D eigenvalue weighted by Crippen LogP contribution is 2.35. The van der Waals surface area contributed by atoms with E-state index in [9.17, 15) is 4.79 Å². The normalized spacial score (nSPS) is 14.9. The van der Waals surface area contributed by atoms with E-state index in [1.54, 1.807) is 0 Å². The van der Waals surface area contributed by atoms with Crippen LogP contribution in [-0.4, -0.2) is 26.1 Å². The van der Waals surface area contributed by atoms with E-state index in [1.165, 1.54) is 25.7 Å². The molecule has 7 nitrogen and oxygen atoms in total. The van der Waals surface area contributed by atoms with Crippen LogP contribution in [0.1, 0.15) is 47.9 Å². The third kappa shape index (κ3) is 2.58. The minimum absolute atomic E-state index is 0.00475. The smallest absolute Gasteiger partial charge is 0.271 e. The van der Waals surface area contributed by atoms with Crippen molar-refractivity contribution in [3.05, 3.63) is 47.9 Å². The van der Waals surface area contributed by atoms with Crippen LogP contribution in [0, 0.1) is 0 Å². The first-order chi connectivity index (χ1) is 13.6. The lowest BCUT2D eigenvalue weighted by molar-refractivity contribution is 0.0996. The second-order valence-corrected chi connectivity index (χ2v) is 7.36. The van der Waals surface area contributed by atoms with Gasteiger partial charge in [0.05, 0.1) is 16.7 Å². The van der Waals surface area contributed by atoms with E-state index in [0.29, 0.717) is 16.8 Å². The highest BCUT2D eigenvalue weighted by atomic mass is 16.1. The molecule has 7 heteroatoms. The van der Waals surface area contributed by atoms with Crippen LogP contribution in [-0.2, 0) is 0 Å². The molecule has 0 spiro atoms. The van der Waals surface area contributed by atoms with E-state index >= 15 is 0 Å². The summed E-state index contributed by atoms with van der Waals surface area (Å²) in [6.45, 7) is 0. The summed E-state index contributed by atoms with van der Waals surface area (Å²) in [7, 11) is 0. The van der Waals surface area contributed by atoms with Crippen molar-refractivity contribution in [1.29, 1.82) is 0 Å². The van der Waals surface area contributed by atoms with Crippen LogP contribution in [0.4, 0.5) is 5.69 Å². The first kappa shape index (κ1) is 16.7. The molecule has 1 saturated carbocycles. The summed E-state index contributed by atoms with van der Waals surface area (Å²) >= 11 is 0. The molecule has 2 aromatic heterocycles. The molecule has 1 fully saturated rings. The minimum Gasteiger partial charge on any atom is -0.396 e. The fraction of sp³-hybridized carbons (Fsp3) is 0.238. The van der Waals surface area contributed by atoms with Gasteiger partial charge in [-0.3, -0.25) is 4.79 Å². The summed E-state index contributed by atoms with van der Waals surface area (Å²) in [6, 6.07) is 11.8. The number of nitrogens with one attached hydrogen (secondary N) is 1. The zero-order chi connectivity index (χ0) is 19.3. The Morgan fingerprint density at radius 3 is 2.71 bits per heavy atom. The number of primary amides is 1. The molecule has 1 aliphatic carbocycles. The van der Waals surface area contributed by atoms with Crippen LogP contribution in [0.5, 0.6) is 0 Å². The quantitative estimate of drug-likeness (QED) is 0.508. The molecule has 2 heterocycles. The van der Waals surface area contributed by atoms with E-state index in [2.05, 4.69) is 21.2 Å². The summed E-state index contributed by atoms with van der Waals surface area (Å²) in [5, 5.41) is 8.84. The Hall–Kier alpha value is -3.48. The number of fused-ring (bicyclic) bond motifs is 2. The molecule has 1 amide bonds. The number of nitrogens with two attached hydrogens (primary N) is 2. The molecule has 0 radical (unpaired) electrons. The van der Waals surface area contributed by atoms with Crippen molar-refractivity contribution in [3.63, 3.8) is 0 Å². The van der Waals surface area contributed by atoms with Crippen LogP contribution in [0.2, 0.25) is 0 Å². The van der Waals surface area contributed by atoms with Gasteiger partial charge < -0.3 is 16.5 Å². The maximum atomic E-state index is 11.5. The molecule has 0 saturated heterocycles. The van der Waals surface area contributed by atoms with Crippen LogP contribution in [0.25, 0.3) is 33.1 Å². The highest BCUT2D eigenvalue weighted by Gasteiger charge is 2.21. The molecule has 140 valence electrons. The maximum absolute atomic E-state index is 11.5. The Morgan fingerprint density at radius 1 is 1.11 bits per heavy atom. The van der Waals surface area contributed by atoms with E-state index in [4.69, 9.17) is 16.5 Å². The first-order valence-electron chi connectivity index (χ1n) is 9.46. The average molecular weight is 372 g/mol. The number of hydrogen-bond donors (Lipinski definition) is 3. The number of benzene rings is 2. The number of aromatic nitrogens is 4. The third-order valence-corrected chi connectivity index (χ3v) is 5.62. The number of anilines is 1. The lowest BCUT2D eigenvalue weighted by Crippen LogP contribution is -2.16. The fourth-order valence-corrected chi connectivity index (χ4v) is 4.15. The molecule has 0 unspecified atom stereocenters. The second-order valence-electron chi connectivity index (χ2n) is 7.36. The van der Waals surface area contributed by atoms with Gasteiger partial charge in [-0.15, -0.1) is 10.2 Å². The van der Waals surface area contributed by atoms with E-state index in [-0.39, 0.29) is 11.4 Å². The first-order valence-corrected chi connectivity index (χ1v) is 9.46. The summed E-state index contributed by atoms with van der Waals surface area (Å²) in [5.74, 6) is 0.930. The predicted molar refractivity (Wildman–Crippen MR) is 109 cm³/mol. The zero-order valence-electron chi connectivity index (χ0n) is 15.3. The number of nitrogen functional groups attached to an aromatic ring is 1. The van der Waals surface area contributed by atoms with Gasteiger partial charge >= 0.3 is 0 Å². The van der Waals surface area contributed by atoms with Crippen LogP contribution < -0.4 is 11.5 Å².